The van der Waals surface area contributed by atoms with Crippen molar-refractivity contribution < 1.29 is 9.59 Å². The van der Waals surface area contributed by atoms with Gasteiger partial charge in [-0.25, -0.2) is 0 Å². The third-order valence-electron chi connectivity index (χ3n) is 8.23. The van der Waals surface area contributed by atoms with Crippen LogP contribution in [0.15, 0.2) is 47.5 Å². The van der Waals surface area contributed by atoms with Crippen molar-refractivity contribution >= 4 is 40.7 Å². The van der Waals surface area contributed by atoms with Crippen molar-refractivity contribution in [2.45, 2.75) is 84.0 Å². The molecule has 42 heavy (non-hydrogen) atoms. The van der Waals surface area contributed by atoms with E-state index in [4.69, 9.17) is 28.2 Å². The third kappa shape index (κ3) is 6.52. The van der Waals surface area contributed by atoms with Gasteiger partial charge in [0.15, 0.2) is 5.82 Å². The molecule has 1 fully saturated rings. The number of nitrogens with one attached hydrogen (secondary N) is 2. The number of nitrogens with zero attached hydrogens (tertiary/aromatic N) is 5. The number of aromatic nitrogens is 4. The molecule has 3 aromatic rings. The Morgan fingerprint density at radius 1 is 1.10 bits per heavy atom. The molecule has 2 aromatic carbocycles. The van der Waals surface area contributed by atoms with Crippen LogP contribution in [0.25, 0.3) is 0 Å². The van der Waals surface area contributed by atoms with E-state index in [2.05, 4.69) is 46.7 Å². The van der Waals surface area contributed by atoms with Crippen molar-refractivity contribution in [2.75, 3.05) is 0 Å². The van der Waals surface area contributed by atoms with E-state index in [1.54, 1.807) is 18.2 Å². The molecule has 2 heterocycles. The summed E-state index contributed by atoms with van der Waals surface area (Å²) in [4.78, 5) is 34.6. The number of unbranched alkanes of at least 4 members (excludes halogenated alkanes) is 2. The highest BCUT2D eigenvalue weighted by atomic mass is 35.5. The van der Waals surface area contributed by atoms with Crippen LogP contribution >= 0.6 is 23.2 Å². The van der Waals surface area contributed by atoms with Crippen LogP contribution in [0.1, 0.15) is 99.1 Å². The summed E-state index contributed by atoms with van der Waals surface area (Å²) in [5.41, 5.74) is 1.91. The molecule has 1 saturated carbocycles. The van der Waals surface area contributed by atoms with E-state index < -0.39 is 5.66 Å². The van der Waals surface area contributed by atoms with Crippen LogP contribution in [0.5, 0.6) is 0 Å². The predicted octanol–water partition coefficient (Wildman–Crippen LogP) is 6.54. The summed E-state index contributed by atoms with van der Waals surface area (Å²) in [6.07, 6.45) is 6.59. The molecule has 0 saturated heterocycles. The van der Waals surface area contributed by atoms with Crippen molar-refractivity contribution in [3.05, 3.63) is 75.0 Å². The monoisotopic (exact) mass is 609 g/mol. The first kappa shape index (κ1) is 30.2. The largest absolute Gasteiger partial charge is 0.345 e. The topological polar surface area (TPSA) is 116 Å². The predicted molar refractivity (Wildman–Crippen MR) is 163 cm³/mol. The Morgan fingerprint density at radius 3 is 2.40 bits per heavy atom. The number of carbonyl (C=O) groups excluding carboxylic acids is 2. The van der Waals surface area contributed by atoms with E-state index in [0.29, 0.717) is 44.5 Å². The molecule has 1 aliphatic heterocycles. The number of hydrogen-bond donors (Lipinski definition) is 2. The number of rotatable bonds is 10. The average Bonchev–Trinajstić information content (AvgIpc) is 3.55. The molecule has 2 aliphatic rings. The average molecular weight is 611 g/mol. The summed E-state index contributed by atoms with van der Waals surface area (Å²) >= 11 is 12.7. The van der Waals surface area contributed by atoms with Crippen LogP contribution in [0.2, 0.25) is 10.0 Å². The summed E-state index contributed by atoms with van der Waals surface area (Å²) in [7, 11) is 0. The van der Waals surface area contributed by atoms with Crippen LogP contribution in [0, 0.1) is 11.8 Å². The smallest absolute Gasteiger partial charge is 0.275 e. The van der Waals surface area contributed by atoms with Crippen LogP contribution in [0.4, 0.5) is 0 Å². The quantitative estimate of drug-likeness (QED) is 0.253. The minimum atomic E-state index is -0.657. The molecular formula is C31H37Cl2N7O2. The number of amides is 2. The Balaban J connectivity index is 1.50. The van der Waals surface area contributed by atoms with E-state index in [1.807, 2.05) is 29.2 Å². The first-order valence-corrected chi connectivity index (χ1v) is 15.4. The number of H-pyrrole nitrogens is 1. The van der Waals surface area contributed by atoms with Gasteiger partial charge in [0.05, 0.1) is 12.6 Å². The molecule has 222 valence electrons. The zero-order valence-corrected chi connectivity index (χ0v) is 25.8. The maximum absolute atomic E-state index is 14.5. The van der Waals surface area contributed by atoms with Crippen LogP contribution in [0.3, 0.4) is 0 Å². The second-order valence-electron chi connectivity index (χ2n) is 11.8. The first-order valence-electron chi connectivity index (χ1n) is 14.7. The maximum atomic E-state index is 14.5. The Kier molecular flexibility index (Phi) is 9.28. The van der Waals surface area contributed by atoms with Gasteiger partial charge in [-0.15, -0.1) is 10.2 Å². The molecule has 11 heteroatoms. The van der Waals surface area contributed by atoms with E-state index in [9.17, 15) is 9.59 Å². The van der Waals surface area contributed by atoms with Gasteiger partial charge in [0.2, 0.25) is 0 Å². The van der Waals surface area contributed by atoms with Crippen molar-refractivity contribution in [2.24, 2.45) is 16.8 Å². The fourth-order valence-electron chi connectivity index (χ4n) is 6.67. The van der Waals surface area contributed by atoms with Crippen molar-refractivity contribution in [3.8, 4) is 0 Å². The van der Waals surface area contributed by atoms with E-state index in [1.165, 1.54) is 0 Å². The van der Waals surface area contributed by atoms with Crippen LogP contribution in [-0.2, 0) is 11.3 Å². The SMILES string of the molecule is CCCCCC(c1ccc(C(=O)NCc2nn[nH]n2)cc1)N1C(=O)C(c2cc(Cl)cc(Cl)c2)=NC12CC(C)CC(C)C2. The summed E-state index contributed by atoms with van der Waals surface area (Å²) in [5, 5.41) is 17.4. The first-order chi connectivity index (χ1) is 20.2. The highest BCUT2D eigenvalue weighted by Gasteiger charge is 2.53. The Morgan fingerprint density at radius 2 is 1.79 bits per heavy atom. The zero-order valence-electron chi connectivity index (χ0n) is 24.2. The molecule has 1 aromatic heterocycles. The second kappa shape index (κ2) is 12.9. The van der Waals surface area contributed by atoms with Gasteiger partial charge < -0.3 is 10.2 Å². The molecule has 3 unspecified atom stereocenters. The fraction of sp³-hybridized carbons (Fsp3) is 0.484. The Hall–Kier alpha value is -3.30. The number of aliphatic imine (C=N–C) groups is 1. The number of benzene rings is 2. The molecule has 5 rings (SSSR count). The minimum Gasteiger partial charge on any atom is -0.345 e. The molecule has 9 nitrogen and oxygen atoms in total. The summed E-state index contributed by atoms with van der Waals surface area (Å²) in [5.74, 6) is 0.897. The number of hydrogen-bond acceptors (Lipinski definition) is 6. The fourth-order valence-corrected chi connectivity index (χ4v) is 7.20. The number of tetrazole rings is 1. The molecule has 1 spiro atoms. The molecular weight excluding hydrogens is 573 g/mol. The second-order valence-corrected chi connectivity index (χ2v) is 12.6. The molecule has 1 aliphatic carbocycles. The van der Waals surface area contributed by atoms with Gasteiger partial charge in [-0.2, -0.15) is 5.21 Å². The summed E-state index contributed by atoms with van der Waals surface area (Å²) in [6, 6.07) is 12.6. The molecule has 2 amide bonds. The van der Waals surface area contributed by atoms with Crippen molar-refractivity contribution in [1.29, 1.82) is 0 Å². The lowest BCUT2D eigenvalue weighted by Crippen LogP contribution is -2.52. The Labute approximate surface area is 256 Å². The van der Waals surface area contributed by atoms with Crippen molar-refractivity contribution in [1.82, 2.24) is 30.8 Å². The number of aromatic amines is 1. The minimum absolute atomic E-state index is 0.0990. The highest BCUT2D eigenvalue weighted by Crippen LogP contribution is 2.49. The van der Waals surface area contributed by atoms with Crippen LogP contribution < -0.4 is 5.32 Å². The normalized spacial score (nSPS) is 22.8. The number of halogens is 2. The maximum Gasteiger partial charge on any atom is 0.275 e. The van der Waals surface area contributed by atoms with E-state index >= 15 is 0 Å². The lowest BCUT2D eigenvalue weighted by atomic mass is 9.75. The zero-order chi connectivity index (χ0) is 29.9. The molecule has 2 N–H and O–H groups in total. The molecule has 0 radical (unpaired) electrons. The number of carbonyl (C=O) groups is 2. The van der Waals surface area contributed by atoms with Crippen LogP contribution in [-0.4, -0.2) is 48.7 Å². The standard InChI is InChI=1S/C31H37Cl2N7O2/c1-4-5-6-7-26(21-8-10-22(11-9-21)29(41)34-18-27-36-38-39-37-27)40-30(42)28(23-13-24(32)15-25(33)14-23)35-31(40)16-19(2)12-20(3)17-31/h8-11,13-15,19-20,26H,4-7,12,16-18H2,1-3H3,(H,34,41)(H,36,37,38,39). The van der Waals surface area contributed by atoms with Gasteiger partial charge in [-0.05, 0) is 73.4 Å². The Bertz CT molecular complexity index is 1410. The summed E-state index contributed by atoms with van der Waals surface area (Å²) < 4.78 is 0. The summed E-state index contributed by atoms with van der Waals surface area (Å²) in [6.45, 7) is 6.84. The van der Waals surface area contributed by atoms with Gasteiger partial charge in [-0.1, -0.05) is 80.6 Å². The van der Waals surface area contributed by atoms with Crippen molar-refractivity contribution in [3.63, 3.8) is 0 Å². The van der Waals surface area contributed by atoms with Gasteiger partial charge >= 0.3 is 0 Å². The van der Waals surface area contributed by atoms with E-state index in [0.717, 1.165) is 50.5 Å². The highest BCUT2D eigenvalue weighted by molar-refractivity contribution is 6.47. The van der Waals surface area contributed by atoms with Gasteiger partial charge in [-0.3, -0.25) is 14.6 Å². The molecule has 3 atom stereocenters. The van der Waals surface area contributed by atoms with E-state index in [-0.39, 0.29) is 24.4 Å². The lowest BCUT2D eigenvalue weighted by Gasteiger charge is -2.47. The molecule has 0 bridgehead atoms. The van der Waals surface area contributed by atoms with Gasteiger partial charge in [0, 0.05) is 21.2 Å². The third-order valence-corrected chi connectivity index (χ3v) is 8.66. The lowest BCUT2D eigenvalue weighted by molar-refractivity contribution is -0.134. The van der Waals surface area contributed by atoms with Gasteiger partial charge in [0.25, 0.3) is 11.8 Å². The van der Waals surface area contributed by atoms with Gasteiger partial charge in [0.1, 0.15) is 11.4 Å².